The minimum atomic E-state index is -0.285. The molecule has 0 saturated carbocycles. The fourth-order valence-electron chi connectivity index (χ4n) is 1.13. The summed E-state index contributed by atoms with van der Waals surface area (Å²) in [5.74, 6) is -0.285. The first-order valence-electron chi connectivity index (χ1n) is 4.97. The molecule has 15 heavy (non-hydrogen) atoms. The Morgan fingerprint density at radius 2 is 2.20 bits per heavy atom. The molecule has 82 valence electrons. The monoisotopic (exact) mass is 208 g/mol. The van der Waals surface area contributed by atoms with Crippen LogP contribution in [0.2, 0.25) is 0 Å². The molecule has 0 aliphatic carbocycles. The Morgan fingerprint density at radius 3 is 2.73 bits per heavy atom. The molecule has 1 unspecified atom stereocenters. The number of ether oxygens (including phenoxy) is 2. The van der Waals surface area contributed by atoms with Crippen LogP contribution in [0.4, 0.5) is 0 Å². The molecule has 1 aliphatic rings. The highest BCUT2D eigenvalue weighted by Crippen LogP contribution is 2.20. The molecule has 1 rings (SSSR count). The smallest absolute Gasteiger partial charge is 0.334 e. The van der Waals surface area contributed by atoms with Crippen LogP contribution in [0, 0.1) is 0 Å². The van der Waals surface area contributed by atoms with Crippen LogP contribution in [0.3, 0.4) is 0 Å². The summed E-state index contributed by atoms with van der Waals surface area (Å²) < 4.78 is 10.0. The first kappa shape index (κ1) is 11.7. The minimum Gasteiger partial charge on any atom is -0.458 e. The third-order valence-electron chi connectivity index (χ3n) is 1.98. The molecule has 0 amide bonds. The van der Waals surface area contributed by atoms with Gasteiger partial charge in [-0.2, -0.15) is 0 Å². The molecule has 0 aromatic rings. The van der Waals surface area contributed by atoms with E-state index in [1.807, 2.05) is 6.08 Å². The van der Waals surface area contributed by atoms with Crippen LogP contribution in [0.15, 0.2) is 37.0 Å². The van der Waals surface area contributed by atoms with Gasteiger partial charge in [0.05, 0.1) is 12.7 Å². The van der Waals surface area contributed by atoms with E-state index in [1.54, 1.807) is 12.2 Å². The van der Waals surface area contributed by atoms with Crippen LogP contribution in [0.1, 0.15) is 12.8 Å². The molecule has 3 heteroatoms. The van der Waals surface area contributed by atoms with Crippen LogP contribution in [0.25, 0.3) is 0 Å². The van der Waals surface area contributed by atoms with Crippen molar-refractivity contribution in [2.45, 2.75) is 18.9 Å². The number of allylic oxidation sites excluding steroid dienone is 2. The normalized spacial score (nSPS) is 19.5. The van der Waals surface area contributed by atoms with Gasteiger partial charge in [0.1, 0.15) is 6.61 Å². The molecule has 1 fully saturated rings. The number of epoxide rings is 1. The van der Waals surface area contributed by atoms with Gasteiger partial charge in [-0.25, -0.2) is 4.79 Å². The van der Waals surface area contributed by atoms with Crippen molar-refractivity contribution >= 4 is 5.97 Å². The number of esters is 1. The van der Waals surface area contributed by atoms with Gasteiger partial charge in [0.2, 0.25) is 0 Å². The topological polar surface area (TPSA) is 38.8 Å². The maximum atomic E-state index is 11.5. The molecular weight excluding hydrogens is 192 g/mol. The summed E-state index contributed by atoms with van der Waals surface area (Å²) in [6.07, 6.45) is 6.62. The summed E-state index contributed by atoms with van der Waals surface area (Å²) >= 11 is 0. The fraction of sp³-hybridized carbons (Fsp3) is 0.417. The van der Waals surface area contributed by atoms with Gasteiger partial charge >= 0.3 is 5.97 Å². The highest BCUT2D eigenvalue weighted by atomic mass is 16.6. The average molecular weight is 208 g/mol. The van der Waals surface area contributed by atoms with Crippen molar-refractivity contribution in [3.63, 3.8) is 0 Å². The quantitative estimate of drug-likeness (QED) is 0.278. The zero-order valence-corrected chi connectivity index (χ0v) is 8.78. The third kappa shape index (κ3) is 4.61. The molecule has 0 aromatic carbocycles. The molecule has 0 radical (unpaired) electrons. The Balaban J connectivity index is 2.48. The van der Waals surface area contributed by atoms with Gasteiger partial charge in [-0.3, -0.25) is 0 Å². The highest BCUT2D eigenvalue weighted by molar-refractivity contribution is 5.88. The number of hydrogen-bond donors (Lipinski definition) is 0. The van der Waals surface area contributed by atoms with Crippen molar-refractivity contribution in [3.05, 3.63) is 37.0 Å². The predicted molar refractivity (Wildman–Crippen MR) is 58.4 cm³/mol. The summed E-state index contributed by atoms with van der Waals surface area (Å²) in [5, 5.41) is 0. The van der Waals surface area contributed by atoms with Gasteiger partial charge in [-0.05, 0) is 6.42 Å². The van der Waals surface area contributed by atoms with Crippen molar-refractivity contribution in [1.29, 1.82) is 0 Å². The van der Waals surface area contributed by atoms with Crippen molar-refractivity contribution in [3.8, 4) is 0 Å². The van der Waals surface area contributed by atoms with Gasteiger partial charge in [-0.1, -0.05) is 24.8 Å². The first-order chi connectivity index (χ1) is 7.27. The van der Waals surface area contributed by atoms with E-state index >= 15 is 0 Å². The maximum Gasteiger partial charge on any atom is 0.334 e. The molecule has 3 nitrogen and oxygen atoms in total. The zero-order valence-electron chi connectivity index (χ0n) is 8.78. The van der Waals surface area contributed by atoms with Crippen LogP contribution in [-0.2, 0) is 14.3 Å². The average Bonchev–Trinajstić information content (AvgIpc) is 3.04. The van der Waals surface area contributed by atoms with E-state index in [2.05, 4.69) is 13.2 Å². The van der Waals surface area contributed by atoms with E-state index in [0.29, 0.717) is 18.4 Å². The van der Waals surface area contributed by atoms with Gasteiger partial charge in [0.15, 0.2) is 0 Å². The SMILES string of the molecule is C=CCC=C(CC1CO1)C(=O)OCC=C. The Morgan fingerprint density at radius 1 is 1.47 bits per heavy atom. The van der Waals surface area contributed by atoms with Crippen LogP contribution >= 0.6 is 0 Å². The van der Waals surface area contributed by atoms with Crippen LogP contribution in [0.5, 0.6) is 0 Å². The summed E-state index contributed by atoms with van der Waals surface area (Å²) in [6, 6.07) is 0. The Hall–Kier alpha value is -1.35. The lowest BCUT2D eigenvalue weighted by Gasteiger charge is -2.04. The molecule has 1 saturated heterocycles. The molecular formula is C12H16O3. The second-order valence-electron chi connectivity index (χ2n) is 3.30. The number of hydrogen-bond acceptors (Lipinski definition) is 3. The molecule has 1 heterocycles. The summed E-state index contributed by atoms with van der Waals surface area (Å²) in [7, 11) is 0. The molecule has 0 spiro atoms. The number of carbonyl (C=O) groups excluding carboxylic acids is 1. The van der Waals surface area contributed by atoms with E-state index in [4.69, 9.17) is 9.47 Å². The van der Waals surface area contributed by atoms with Gasteiger partial charge in [-0.15, -0.1) is 6.58 Å². The van der Waals surface area contributed by atoms with Crippen LogP contribution in [-0.4, -0.2) is 25.3 Å². The van der Waals surface area contributed by atoms with Crippen LogP contribution < -0.4 is 0 Å². The largest absolute Gasteiger partial charge is 0.458 e. The molecule has 0 bridgehead atoms. The van der Waals surface area contributed by atoms with Gasteiger partial charge in [0.25, 0.3) is 0 Å². The Bertz CT molecular complexity index is 275. The van der Waals surface area contributed by atoms with E-state index in [9.17, 15) is 4.79 Å². The summed E-state index contributed by atoms with van der Waals surface area (Å²) in [5.41, 5.74) is 0.666. The second-order valence-corrected chi connectivity index (χ2v) is 3.30. The van der Waals surface area contributed by atoms with E-state index in [-0.39, 0.29) is 18.7 Å². The lowest BCUT2D eigenvalue weighted by molar-refractivity contribution is -0.138. The van der Waals surface area contributed by atoms with E-state index in [1.165, 1.54) is 0 Å². The first-order valence-corrected chi connectivity index (χ1v) is 4.97. The summed E-state index contributed by atoms with van der Waals surface area (Å²) in [6.45, 7) is 8.08. The molecule has 1 aliphatic heterocycles. The minimum absolute atomic E-state index is 0.192. The van der Waals surface area contributed by atoms with Gasteiger partial charge in [0, 0.05) is 12.0 Å². The lowest BCUT2D eigenvalue weighted by atomic mass is 10.1. The second kappa shape index (κ2) is 6.19. The Labute approximate surface area is 90.1 Å². The fourth-order valence-corrected chi connectivity index (χ4v) is 1.13. The zero-order chi connectivity index (χ0) is 11.1. The predicted octanol–water partition coefficient (Wildman–Crippen LogP) is 2.01. The third-order valence-corrected chi connectivity index (χ3v) is 1.98. The van der Waals surface area contributed by atoms with E-state index in [0.717, 1.165) is 6.61 Å². The number of rotatable bonds is 7. The van der Waals surface area contributed by atoms with Crippen molar-refractivity contribution < 1.29 is 14.3 Å². The molecule has 0 aromatic heterocycles. The van der Waals surface area contributed by atoms with Gasteiger partial charge < -0.3 is 9.47 Å². The lowest BCUT2D eigenvalue weighted by Crippen LogP contribution is -2.10. The van der Waals surface area contributed by atoms with Crippen molar-refractivity contribution in [1.82, 2.24) is 0 Å². The summed E-state index contributed by atoms with van der Waals surface area (Å²) in [4.78, 5) is 11.5. The molecule has 0 N–H and O–H groups in total. The van der Waals surface area contributed by atoms with Crippen molar-refractivity contribution in [2.24, 2.45) is 0 Å². The molecule has 1 atom stereocenters. The highest BCUT2D eigenvalue weighted by Gasteiger charge is 2.26. The number of carbonyl (C=O) groups is 1. The van der Waals surface area contributed by atoms with Crippen molar-refractivity contribution in [2.75, 3.05) is 13.2 Å². The van der Waals surface area contributed by atoms with E-state index < -0.39 is 0 Å². The Kier molecular flexibility index (Phi) is 4.84. The maximum absolute atomic E-state index is 11.5. The standard InChI is InChI=1S/C12H16O3/c1-3-5-6-10(8-11-9-15-11)12(13)14-7-4-2/h3-4,6,11H,1-2,5,7-9H2.